The average molecular weight is 621 g/mol. The van der Waals surface area contributed by atoms with E-state index in [-0.39, 0.29) is 36.7 Å². The van der Waals surface area contributed by atoms with Gasteiger partial charge in [-0.2, -0.15) is 0 Å². The van der Waals surface area contributed by atoms with Crippen molar-refractivity contribution in [1.29, 1.82) is 0 Å². The molecule has 0 spiro atoms. The Morgan fingerprint density at radius 2 is 1.63 bits per heavy atom. The van der Waals surface area contributed by atoms with Gasteiger partial charge in [-0.15, -0.1) is 0 Å². The van der Waals surface area contributed by atoms with Crippen molar-refractivity contribution >= 4 is 60.8 Å². The molecule has 1 aliphatic heterocycles. The van der Waals surface area contributed by atoms with Crippen molar-refractivity contribution in [2.45, 2.75) is 13.5 Å². The molecular weight excluding hydrogens is 601 g/mol. The molecule has 0 N–H and O–H groups in total. The van der Waals surface area contributed by atoms with Crippen LogP contribution in [-0.2, 0) is 11.4 Å². The summed E-state index contributed by atoms with van der Waals surface area (Å²) in [5, 5.41) is -0.328. The zero-order valence-electron chi connectivity index (χ0n) is 18.6. The van der Waals surface area contributed by atoms with E-state index in [0.717, 1.165) is 28.5 Å². The smallest absolute Gasteiger partial charge is 0.293 e. The second-order valence-corrected chi connectivity index (χ2v) is 10.4. The zero-order chi connectivity index (χ0) is 24.9. The van der Waals surface area contributed by atoms with Crippen LogP contribution >= 0.6 is 43.6 Å². The minimum atomic E-state index is -0.351. The molecule has 35 heavy (non-hydrogen) atoms. The number of rotatable bonds is 8. The molecule has 1 saturated heterocycles. The number of thioether (sulfide) groups is 1. The quantitative estimate of drug-likeness (QED) is 0.246. The third kappa shape index (κ3) is 6.54. The number of hydrogen-bond acceptors (Lipinski definition) is 5. The molecule has 1 aliphatic rings. The summed E-state index contributed by atoms with van der Waals surface area (Å²) in [6.45, 7) is 2.63. The maximum Gasteiger partial charge on any atom is 0.293 e. The Morgan fingerprint density at radius 3 is 2.29 bits per heavy atom. The summed E-state index contributed by atoms with van der Waals surface area (Å²) in [6.07, 6.45) is 1.67. The lowest BCUT2D eigenvalue weighted by Crippen LogP contribution is -2.32. The van der Waals surface area contributed by atoms with E-state index >= 15 is 0 Å². The van der Waals surface area contributed by atoms with Crippen LogP contribution in [0, 0.1) is 12.7 Å². The van der Waals surface area contributed by atoms with E-state index in [4.69, 9.17) is 9.47 Å². The number of imide groups is 1. The van der Waals surface area contributed by atoms with E-state index in [2.05, 4.69) is 31.9 Å². The normalized spacial score (nSPS) is 14.6. The van der Waals surface area contributed by atoms with Crippen LogP contribution in [0.5, 0.6) is 11.5 Å². The van der Waals surface area contributed by atoms with Crippen LogP contribution in [0.25, 0.3) is 6.08 Å². The van der Waals surface area contributed by atoms with Crippen molar-refractivity contribution in [3.63, 3.8) is 0 Å². The number of halogens is 3. The SMILES string of the molecule is Cc1ccc(OCCN2C(=O)S/C(=C\c3cc(Br)c(OCc4ccc(F)cc4)c(Br)c3)C2=O)cc1. The van der Waals surface area contributed by atoms with Crippen LogP contribution in [0.3, 0.4) is 0 Å². The van der Waals surface area contributed by atoms with Crippen LogP contribution in [0.2, 0.25) is 0 Å². The first kappa shape index (κ1) is 25.5. The van der Waals surface area contributed by atoms with E-state index in [0.29, 0.717) is 25.3 Å². The lowest BCUT2D eigenvalue weighted by Gasteiger charge is -2.13. The average Bonchev–Trinajstić information content (AvgIpc) is 3.08. The van der Waals surface area contributed by atoms with Gasteiger partial charge < -0.3 is 9.47 Å². The second-order valence-electron chi connectivity index (χ2n) is 7.72. The summed E-state index contributed by atoms with van der Waals surface area (Å²) in [4.78, 5) is 26.8. The summed E-state index contributed by atoms with van der Waals surface area (Å²) in [7, 11) is 0. The molecule has 0 unspecified atom stereocenters. The summed E-state index contributed by atoms with van der Waals surface area (Å²) in [6, 6.07) is 17.3. The van der Waals surface area contributed by atoms with Gasteiger partial charge in [-0.3, -0.25) is 14.5 Å². The third-order valence-corrected chi connectivity index (χ3v) is 7.18. The van der Waals surface area contributed by atoms with Gasteiger partial charge in [0.2, 0.25) is 0 Å². The Hall–Kier alpha value is -2.62. The molecule has 9 heteroatoms. The predicted octanol–water partition coefficient (Wildman–Crippen LogP) is 7.35. The van der Waals surface area contributed by atoms with Crippen molar-refractivity contribution in [2.75, 3.05) is 13.2 Å². The number of benzene rings is 3. The van der Waals surface area contributed by atoms with E-state index in [1.54, 1.807) is 30.3 Å². The lowest BCUT2D eigenvalue weighted by molar-refractivity contribution is -0.123. The van der Waals surface area contributed by atoms with Crippen LogP contribution in [0.15, 0.2) is 74.5 Å². The maximum atomic E-state index is 13.1. The Labute approximate surface area is 223 Å². The molecule has 3 aromatic carbocycles. The van der Waals surface area contributed by atoms with Gasteiger partial charge in [-0.05, 0) is 104 Å². The molecule has 0 aliphatic carbocycles. The number of ether oxygens (including phenoxy) is 2. The van der Waals surface area contributed by atoms with Crippen LogP contribution in [-0.4, -0.2) is 29.2 Å². The second kappa shape index (κ2) is 11.4. The third-order valence-electron chi connectivity index (χ3n) is 5.09. The van der Waals surface area contributed by atoms with Crippen molar-refractivity contribution in [1.82, 2.24) is 4.90 Å². The molecular formula is C26H20Br2FNO4S. The maximum absolute atomic E-state index is 13.1. The van der Waals surface area contributed by atoms with Crippen molar-refractivity contribution < 1.29 is 23.5 Å². The molecule has 0 saturated carbocycles. The van der Waals surface area contributed by atoms with Crippen molar-refractivity contribution in [2.24, 2.45) is 0 Å². The van der Waals surface area contributed by atoms with Gasteiger partial charge >= 0.3 is 0 Å². The predicted molar refractivity (Wildman–Crippen MR) is 142 cm³/mol. The summed E-state index contributed by atoms with van der Waals surface area (Å²) < 4.78 is 26.0. The highest BCUT2D eigenvalue weighted by molar-refractivity contribution is 9.11. The molecule has 3 aromatic rings. The molecule has 1 fully saturated rings. The fraction of sp³-hybridized carbons (Fsp3) is 0.154. The van der Waals surface area contributed by atoms with E-state index in [9.17, 15) is 14.0 Å². The lowest BCUT2D eigenvalue weighted by atomic mass is 10.2. The standard InChI is InChI=1S/C26H20Br2FNO4S/c1-16-2-8-20(9-3-16)33-11-10-30-25(31)23(35-26(30)32)14-18-12-21(27)24(22(28)13-18)34-15-17-4-6-19(29)7-5-17/h2-9,12-14H,10-11,15H2,1H3/b23-14-. The van der Waals surface area contributed by atoms with Gasteiger partial charge in [0, 0.05) is 0 Å². The number of nitrogens with zero attached hydrogens (tertiary/aromatic N) is 1. The van der Waals surface area contributed by atoms with Crippen LogP contribution in [0.4, 0.5) is 9.18 Å². The van der Waals surface area contributed by atoms with Gasteiger partial charge in [-0.1, -0.05) is 29.8 Å². The van der Waals surface area contributed by atoms with Crippen LogP contribution in [0.1, 0.15) is 16.7 Å². The van der Waals surface area contributed by atoms with Gasteiger partial charge in [0.25, 0.3) is 11.1 Å². The fourth-order valence-corrected chi connectivity index (χ4v) is 5.59. The fourth-order valence-electron chi connectivity index (χ4n) is 3.27. The first-order valence-corrected chi connectivity index (χ1v) is 13.0. The van der Waals surface area contributed by atoms with E-state index < -0.39 is 0 Å². The molecule has 1 heterocycles. The first-order chi connectivity index (χ1) is 16.8. The highest BCUT2D eigenvalue weighted by Gasteiger charge is 2.34. The van der Waals surface area contributed by atoms with Gasteiger partial charge in [-0.25, -0.2) is 4.39 Å². The number of aryl methyl sites for hydroxylation is 1. The molecule has 0 atom stereocenters. The first-order valence-electron chi connectivity index (χ1n) is 10.6. The van der Waals surface area contributed by atoms with Gasteiger partial charge in [0.1, 0.15) is 30.5 Å². The number of amides is 2. The highest BCUT2D eigenvalue weighted by atomic mass is 79.9. The molecule has 180 valence electrons. The number of hydrogen-bond donors (Lipinski definition) is 0. The summed E-state index contributed by atoms with van der Waals surface area (Å²) in [5.41, 5.74) is 2.67. The molecule has 5 nitrogen and oxygen atoms in total. The Morgan fingerprint density at radius 1 is 0.971 bits per heavy atom. The van der Waals surface area contributed by atoms with Gasteiger partial charge in [0.05, 0.1) is 20.4 Å². The van der Waals surface area contributed by atoms with Crippen LogP contribution < -0.4 is 9.47 Å². The van der Waals surface area contributed by atoms with E-state index in [1.807, 2.05) is 31.2 Å². The summed E-state index contributed by atoms with van der Waals surface area (Å²) in [5.74, 6) is 0.613. The largest absolute Gasteiger partial charge is 0.492 e. The minimum absolute atomic E-state index is 0.166. The van der Waals surface area contributed by atoms with Crippen molar-refractivity contribution in [3.8, 4) is 11.5 Å². The molecule has 4 rings (SSSR count). The molecule has 0 radical (unpaired) electrons. The Kier molecular flexibility index (Phi) is 8.30. The topological polar surface area (TPSA) is 55.8 Å². The minimum Gasteiger partial charge on any atom is -0.492 e. The summed E-state index contributed by atoms with van der Waals surface area (Å²) >= 11 is 7.90. The number of carbonyl (C=O) groups excluding carboxylic acids is 2. The van der Waals surface area contributed by atoms with Crippen molar-refractivity contribution in [3.05, 3.63) is 97.0 Å². The highest BCUT2D eigenvalue weighted by Crippen LogP contribution is 2.38. The molecule has 0 aromatic heterocycles. The van der Waals surface area contributed by atoms with E-state index in [1.165, 1.54) is 17.0 Å². The Balaban J connectivity index is 1.40. The van der Waals surface area contributed by atoms with Gasteiger partial charge in [0.15, 0.2) is 0 Å². The molecule has 2 amide bonds. The monoisotopic (exact) mass is 619 g/mol. The zero-order valence-corrected chi connectivity index (χ0v) is 22.6. The Bertz CT molecular complexity index is 1260. The molecule has 0 bridgehead atoms. The number of carbonyl (C=O) groups is 2.